The number of carbonyl (C=O) groups excluding carboxylic acids is 2. The highest BCUT2D eigenvalue weighted by Gasteiger charge is 2.63. The Hall–Kier alpha value is -4.13. The van der Waals surface area contributed by atoms with Crippen LogP contribution in [0.3, 0.4) is 0 Å². The largest absolute Gasteiger partial charge is 0.418 e. The Balaban J connectivity index is 1.38. The average Bonchev–Trinajstić information content (AvgIpc) is 3.31. The van der Waals surface area contributed by atoms with E-state index in [0.29, 0.717) is 33.9 Å². The molecule has 2 aliphatic rings. The predicted molar refractivity (Wildman–Crippen MR) is 162 cm³/mol. The number of halogens is 4. The highest BCUT2D eigenvalue weighted by atomic mass is 79.9. The van der Waals surface area contributed by atoms with Gasteiger partial charge in [0, 0.05) is 42.0 Å². The molecule has 1 aromatic carbocycles. The second-order valence-electron chi connectivity index (χ2n) is 11.9. The molecule has 0 spiro atoms. The van der Waals surface area contributed by atoms with Crippen LogP contribution in [-0.2, 0) is 17.5 Å². The number of benzene rings is 1. The molecule has 13 heteroatoms. The number of hydrogen-bond acceptors (Lipinski definition) is 7. The maximum atomic E-state index is 14.6. The Morgan fingerprint density at radius 3 is 2.50 bits per heavy atom. The number of Topliss-reactive ketones (excluding diaryl/α,β-unsaturated/α-hetero) is 1. The summed E-state index contributed by atoms with van der Waals surface area (Å²) in [6, 6.07) is 5.56. The highest BCUT2D eigenvalue weighted by Crippen LogP contribution is 2.60. The van der Waals surface area contributed by atoms with E-state index in [1.54, 1.807) is 13.0 Å². The van der Waals surface area contributed by atoms with E-state index in [9.17, 15) is 22.8 Å². The van der Waals surface area contributed by atoms with Gasteiger partial charge in [0.15, 0.2) is 5.78 Å². The van der Waals surface area contributed by atoms with Crippen molar-refractivity contribution in [3.05, 3.63) is 76.2 Å². The van der Waals surface area contributed by atoms with E-state index in [2.05, 4.69) is 54.8 Å². The SMILES string of the molecule is C=C(Cn1nc(C(C)=O)c2cc(-c3cnc(C)nc3)cc(C(F)(F)F)c21)N1[C@H]2C[C@@]2(C)C[C@H]1C(=O)Nc1nc(Br)ccc1C. The van der Waals surface area contributed by atoms with Crippen LogP contribution < -0.4 is 5.32 Å². The number of carbonyl (C=O) groups is 2. The molecule has 6 rings (SSSR count). The number of hydrogen-bond donors (Lipinski definition) is 1. The lowest BCUT2D eigenvalue weighted by atomic mass is 10.00. The molecule has 44 heavy (non-hydrogen) atoms. The van der Waals surface area contributed by atoms with Crippen molar-refractivity contribution >= 4 is 44.3 Å². The predicted octanol–water partition coefficient (Wildman–Crippen LogP) is 6.49. The number of amides is 1. The van der Waals surface area contributed by atoms with E-state index < -0.39 is 23.6 Å². The molecule has 1 saturated heterocycles. The van der Waals surface area contributed by atoms with Gasteiger partial charge in [0.1, 0.15) is 28.0 Å². The normalized spacial score (nSPS) is 21.0. The Morgan fingerprint density at radius 2 is 1.84 bits per heavy atom. The lowest BCUT2D eigenvalue weighted by molar-refractivity contribution is -0.136. The Bertz CT molecular complexity index is 1850. The number of likely N-dealkylation sites (tertiary alicyclic amines) is 1. The number of ketones is 1. The van der Waals surface area contributed by atoms with E-state index in [1.165, 1.54) is 30.1 Å². The van der Waals surface area contributed by atoms with Crippen molar-refractivity contribution < 1.29 is 22.8 Å². The number of aryl methyl sites for hydroxylation is 2. The van der Waals surface area contributed by atoms with Crippen molar-refractivity contribution in [2.75, 3.05) is 5.32 Å². The third kappa shape index (κ3) is 5.27. The minimum atomic E-state index is -4.76. The summed E-state index contributed by atoms with van der Waals surface area (Å²) in [7, 11) is 0. The van der Waals surface area contributed by atoms with E-state index in [0.717, 1.165) is 18.1 Å². The van der Waals surface area contributed by atoms with Gasteiger partial charge >= 0.3 is 6.18 Å². The van der Waals surface area contributed by atoms with E-state index >= 15 is 0 Å². The number of allylic oxidation sites excluding steroid dienone is 1. The van der Waals surface area contributed by atoms with Gasteiger partial charge in [0.2, 0.25) is 5.91 Å². The summed E-state index contributed by atoms with van der Waals surface area (Å²) in [6.45, 7) is 10.9. The zero-order valence-corrected chi connectivity index (χ0v) is 26.0. The van der Waals surface area contributed by atoms with Crippen molar-refractivity contribution in [3.8, 4) is 11.1 Å². The van der Waals surface area contributed by atoms with Gasteiger partial charge in [-0.2, -0.15) is 18.3 Å². The standard InChI is InChI=1S/C31H29BrF3N7O2/c1-15-6-7-25(32)38-28(15)39-29(44)23-10-30(5)11-24(30)42(23)16(2)14-41-27-21(26(40-41)17(3)43)8-19(9-22(27)31(33,34)35)20-12-36-18(4)37-13-20/h6-9,12-13,23-24H,2,10-11,14H2,1,3-5H3,(H,38,39,44)/t23-,24-,30+/m0/s1. The van der Waals surface area contributed by atoms with Crippen LogP contribution in [0.1, 0.15) is 54.1 Å². The molecule has 1 saturated carbocycles. The average molecular weight is 669 g/mol. The van der Waals surface area contributed by atoms with Crippen molar-refractivity contribution in [1.29, 1.82) is 0 Å². The first-order chi connectivity index (χ1) is 20.7. The molecule has 1 aliphatic carbocycles. The van der Waals surface area contributed by atoms with Crippen molar-refractivity contribution in [1.82, 2.24) is 29.6 Å². The Kier molecular flexibility index (Phi) is 7.14. The van der Waals surface area contributed by atoms with E-state index in [1.807, 2.05) is 17.9 Å². The van der Waals surface area contributed by atoms with Gasteiger partial charge in [-0.3, -0.25) is 14.3 Å². The van der Waals surface area contributed by atoms with Gasteiger partial charge in [-0.1, -0.05) is 19.6 Å². The van der Waals surface area contributed by atoms with Gasteiger partial charge < -0.3 is 10.2 Å². The first-order valence-corrected chi connectivity index (χ1v) is 14.8. The molecular weight excluding hydrogens is 639 g/mol. The van der Waals surface area contributed by atoms with Crippen molar-refractivity contribution in [2.45, 2.75) is 65.3 Å². The fraction of sp³-hybridized carbons (Fsp3) is 0.355. The number of nitrogens with zero attached hydrogens (tertiary/aromatic N) is 6. The molecule has 9 nitrogen and oxygen atoms in total. The first-order valence-electron chi connectivity index (χ1n) is 14.0. The monoisotopic (exact) mass is 667 g/mol. The Labute approximate surface area is 259 Å². The van der Waals surface area contributed by atoms with Gasteiger partial charge in [0.05, 0.1) is 17.6 Å². The van der Waals surface area contributed by atoms with Crippen LogP contribution in [0.15, 0.2) is 53.5 Å². The van der Waals surface area contributed by atoms with Gasteiger partial charge in [-0.05, 0) is 77.4 Å². The van der Waals surface area contributed by atoms with Crippen LogP contribution >= 0.6 is 15.9 Å². The summed E-state index contributed by atoms with van der Waals surface area (Å²) >= 11 is 3.33. The van der Waals surface area contributed by atoms with Crippen LogP contribution in [-0.4, -0.2) is 53.4 Å². The minimum Gasteiger partial charge on any atom is -0.358 e. The number of fused-ring (bicyclic) bond motifs is 2. The van der Waals surface area contributed by atoms with Gasteiger partial charge in [-0.25, -0.2) is 15.0 Å². The van der Waals surface area contributed by atoms with Crippen LogP contribution in [0.4, 0.5) is 19.0 Å². The summed E-state index contributed by atoms with van der Waals surface area (Å²) in [4.78, 5) is 40.7. The zero-order valence-electron chi connectivity index (χ0n) is 24.5. The van der Waals surface area contributed by atoms with Crippen LogP contribution in [0.5, 0.6) is 0 Å². The van der Waals surface area contributed by atoms with Gasteiger partial charge in [-0.15, -0.1) is 0 Å². The molecule has 2 fully saturated rings. The summed E-state index contributed by atoms with van der Waals surface area (Å²) < 4.78 is 45.6. The number of rotatable bonds is 7. The zero-order chi connectivity index (χ0) is 31.7. The molecule has 0 bridgehead atoms. The molecule has 0 unspecified atom stereocenters. The summed E-state index contributed by atoms with van der Waals surface area (Å²) in [5, 5.41) is 7.35. The minimum absolute atomic E-state index is 0.00615. The smallest absolute Gasteiger partial charge is 0.358 e. The maximum absolute atomic E-state index is 14.6. The van der Waals surface area contributed by atoms with Crippen LogP contribution in [0.2, 0.25) is 0 Å². The van der Waals surface area contributed by atoms with E-state index in [4.69, 9.17) is 0 Å². The number of alkyl halides is 3. The van der Waals surface area contributed by atoms with E-state index in [-0.39, 0.29) is 46.1 Å². The molecule has 3 atom stereocenters. The maximum Gasteiger partial charge on any atom is 0.418 e. The number of nitrogens with one attached hydrogen (secondary N) is 1. The molecule has 1 aliphatic heterocycles. The Morgan fingerprint density at radius 1 is 1.14 bits per heavy atom. The van der Waals surface area contributed by atoms with Crippen molar-refractivity contribution in [2.24, 2.45) is 5.41 Å². The lowest BCUT2D eigenvalue weighted by Crippen LogP contribution is -2.42. The van der Waals surface area contributed by atoms with Crippen LogP contribution in [0.25, 0.3) is 22.0 Å². The summed E-state index contributed by atoms with van der Waals surface area (Å²) in [6.07, 6.45) is -0.478. The number of pyridine rings is 1. The lowest BCUT2D eigenvalue weighted by Gasteiger charge is -2.30. The number of aromatic nitrogens is 5. The molecule has 1 amide bonds. The quantitative estimate of drug-likeness (QED) is 0.177. The highest BCUT2D eigenvalue weighted by molar-refractivity contribution is 9.10. The number of piperidine rings is 1. The van der Waals surface area contributed by atoms with Crippen molar-refractivity contribution in [3.63, 3.8) is 0 Å². The molecule has 4 aromatic rings. The molecule has 228 valence electrons. The fourth-order valence-electron chi connectivity index (χ4n) is 6.16. The fourth-order valence-corrected chi connectivity index (χ4v) is 6.47. The summed E-state index contributed by atoms with van der Waals surface area (Å²) in [5.74, 6) is 0.151. The second kappa shape index (κ2) is 10.5. The summed E-state index contributed by atoms with van der Waals surface area (Å²) in [5.41, 5.74) is 0.433. The van der Waals surface area contributed by atoms with Gasteiger partial charge in [0.25, 0.3) is 0 Å². The molecule has 0 radical (unpaired) electrons. The third-order valence-corrected chi connectivity index (χ3v) is 8.98. The molecular formula is C31H29BrF3N7O2. The second-order valence-corrected chi connectivity index (χ2v) is 12.7. The molecule has 4 heterocycles. The first kappa shape index (κ1) is 29.9. The third-order valence-electron chi connectivity index (χ3n) is 8.54. The topological polar surface area (TPSA) is 106 Å². The van der Waals surface area contributed by atoms with Crippen LogP contribution in [0, 0.1) is 19.3 Å². The number of anilines is 1. The molecule has 1 N–H and O–H groups in total. The molecule has 3 aromatic heterocycles.